The molecule has 2 amide bonds. The molecule has 2 rings (SSSR count). The lowest BCUT2D eigenvalue weighted by Crippen LogP contribution is -2.21. The van der Waals surface area contributed by atoms with E-state index in [-0.39, 0.29) is 11.8 Å². The van der Waals surface area contributed by atoms with Crippen LogP contribution in [-0.4, -0.2) is 30.8 Å². The van der Waals surface area contributed by atoms with Gasteiger partial charge >= 0.3 is 0 Å². The second kappa shape index (κ2) is 6.55. The van der Waals surface area contributed by atoms with Crippen molar-refractivity contribution in [1.29, 1.82) is 5.26 Å². The van der Waals surface area contributed by atoms with Crippen LogP contribution in [0.5, 0.6) is 0 Å². The molecule has 0 aliphatic rings. The monoisotopic (exact) mass is 293 g/mol. The number of hydrogen-bond acceptors (Lipinski definition) is 3. The largest absolute Gasteiger partial charge is 0.345 e. The molecule has 0 aliphatic heterocycles. The molecule has 5 nitrogen and oxygen atoms in total. The number of rotatable bonds is 3. The fraction of sp³-hybridized carbons (Fsp3) is 0.118. The molecule has 0 unspecified atom stereocenters. The normalized spacial score (nSPS) is 9.68. The average molecular weight is 293 g/mol. The maximum Gasteiger partial charge on any atom is 0.255 e. The molecule has 1 N–H and O–H groups in total. The van der Waals surface area contributed by atoms with E-state index in [0.717, 1.165) is 0 Å². The van der Waals surface area contributed by atoms with Crippen LogP contribution in [0.25, 0.3) is 0 Å². The molecule has 0 atom stereocenters. The number of hydrogen-bond donors (Lipinski definition) is 1. The van der Waals surface area contributed by atoms with E-state index < -0.39 is 0 Å². The fourth-order valence-electron chi connectivity index (χ4n) is 1.85. The van der Waals surface area contributed by atoms with Crippen LogP contribution >= 0.6 is 0 Å². The van der Waals surface area contributed by atoms with Crippen LogP contribution in [0.3, 0.4) is 0 Å². The molecule has 0 spiro atoms. The molecule has 22 heavy (non-hydrogen) atoms. The predicted molar refractivity (Wildman–Crippen MR) is 83.6 cm³/mol. The molecular weight excluding hydrogens is 278 g/mol. The number of amides is 2. The van der Waals surface area contributed by atoms with Gasteiger partial charge in [-0.3, -0.25) is 9.59 Å². The van der Waals surface area contributed by atoms with Crippen molar-refractivity contribution < 1.29 is 9.59 Å². The average Bonchev–Trinajstić information content (AvgIpc) is 2.54. The van der Waals surface area contributed by atoms with E-state index in [0.29, 0.717) is 22.4 Å². The molecule has 0 bridgehead atoms. The van der Waals surface area contributed by atoms with E-state index in [1.54, 1.807) is 62.6 Å². The summed E-state index contributed by atoms with van der Waals surface area (Å²) in [7, 11) is 3.37. The second-order valence-corrected chi connectivity index (χ2v) is 4.92. The molecule has 0 aliphatic carbocycles. The number of carbonyl (C=O) groups is 2. The highest BCUT2D eigenvalue weighted by Gasteiger charge is 2.09. The van der Waals surface area contributed by atoms with Crippen molar-refractivity contribution in [2.24, 2.45) is 0 Å². The molecule has 2 aromatic rings. The first-order valence-electron chi connectivity index (χ1n) is 6.64. The summed E-state index contributed by atoms with van der Waals surface area (Å²) in [6, 6.07) is 15.1. The number of carbonyl (C=O) groups excluding carboxylic acids is 2. The Kier molecular flexibility index (Phi) is 4.54. The molecule has 5 heteroatoms. The van der Waals surface area contributed by atoms with Gasteiger partial charge in [0.1, 0.15) is 0 Å². The lowest BCUT2D eigenvalue weighted by atomic mass is 10.1. The quantitative estimate of drug-likeness (QED) is 0.945. The van der Waals surface area contributed by atoms with Crippen LogP contribution in [-0.2, 0) is 0 Å². The van der Waals surface area contributed by atoms with Gasteiger partial charge in [-0.15, -0.1) is 0 Å². The number of benzene rings is 2. The zero-order valence-electron chi connectivity index (χ0n) is 12.3. The van der Waals surface area contributed by atoms with Gasteiger partial charge in [0.05, 0.1) is 11.6 Å². The molecule has 0 saturated heterocycles. The van der Waals surface area contributed by atoms with E-state index in [4.69, 9.17) is 5.26 Å². The van der Waals surface area contributed by atoms with E-state index in [1.165, 1.54) is 4.90 Å². The number of nitrogens with zero attached hydrogens (tertiary/aromatic N) is 2. The van der Waals surface area contributed by atoms with Crippen molar-refractivity contribution >= 4 is 17.5 Å². The van der Waals surface area contributed by atoms with Gasteiger partial charge in [0.15, 0.2) is 0 Å². The summed E-state index contributed by atoms with van der Waals surface area (Å²) in [4.78, 5) is 25.3. The first-order valence-corrected chi connectivity index (χ1v) is 6.64. The fourth-order valence-corrected chi connectivity index (χ4v) is 1.85. The van der Waals surface area contributed by atoms with Crippen molar-refractivity contribution in [3.63, 3.8) is 0 Å². The summed E-state index contributed by atoms with van der Waals surface area (Å²) in [6.07, 6.45) is 0. The van der Waals surface area contributed by atoms with Gasteiger partial charge in [0.25, 0.3) is 11.8 Å². The lowest BCUT2D eigenvalue weighted by Gasteiger charge is -2.11. The van der Waals surface area contributed by atoms with Crippen LogP contribution < -0.4 is 5.32 Å². The standard InChI is InChI=1S/C17H15N3O2/c1-20(2)17(22)14-7-9-15(10-8-14)19-16(21)13-5-3-12(11-18)4-6-13/h3-10H,1-2H3,(H,19,21). The molecule has 110 valence electrons. The van der Waals surface area contributed by atoms with Crippen molar-refractivity contribution in [3.8, 4) is 6.07 Å². The summed E-state index contributed by atoms with van der Waals surface area (Å²) in [5.74, 6) is -0.360. The van der Waals surface area contributed by atoms with Gasteiger partial charge in [-0.05, 0) is 48.5 Å². The minimum absolute atomic E-state index is 0.0926. The Labute approximate surface area is 128 Å². The summed E-state index contributed by atoms with van der Waals surface area (Å²) in [5, 5.41) is 11.5. The van der Waals surface area contributed by atoms with Gasteiger partial charge < -0.3 is 10.2 Å². The van der Waals surface area contributed by atoms with Gasteiger partial charge in [0.2, 0.25) is 0 Å². The molecule has 0 aromatic heterocycles. The van der Waals surface area contributed by atoms with E-state index in [1.807, 2.05) is 6.07 Å². The highest BCUT2D eigenvalue weighted by molar-refractivity contribution is 6.04. The highest BCUT2D eigenvalue weighted by Crippen LogP contribution is 2.13. The van der Waals surface area contributed by atoms with Crippen LogP contribution in [0.2, 0.25) is 0 Å². The number of anilines is 1. The Morgan fingerprint density at radius 1 is 0.955 bits per heavy atom. The van der Waals surface area contributed by atoms with Crippen molar-refractivity contribution in [3.05, 3.63) is 65.2 Å². The smallest absolute Gasteiger partial charge is 0.255 e. The van der Waals surface area contributed by atoms with E-state index >= 15 is 0 Å². The van der Waals surface area contributed by atoms with Crippen molar-refractivity contribution in [1.82, 2.24) is 4.90 Å². The molecular formula is C17H15N3O2. The lowest BCUT2D eigenvalue weighted by molar-refractivity contribution is 0.0827. The molecule has 0 fully saturated rings. The van der Waals surface area contributed by atoms with Crippen LogP contribution in [0.4, 0.5) is 5.69 Å². The highest BCUT2D eigenvalue weighted by atomic mass is 16.2. The van der Waals surface area contributed by atoms with Crippen LogP contribution in [0, 0.1) is 11.3 Å². The van der Waals surface area contributed by atoms with E-state index in [9.17, 15) is 9.59 Å². The summed E-state index contributed by atoms with van der Waals surface area (Å²) < 4.78 is 0. The number of nitrogens with one attached hydrogen (secondary N) is 1. The zero-order chi connectivity index (χ0) is 16.1. The Bertz CT molecular complexity index is 726. The topological polar surface area (TPSA) is 73.2 Å². The maximum atomic E-state index is 12.1. The minimum atomic E-state index is -0.267. The molecule has 2 aromatic carbocycles. The van der Waals surface area contributed by atoms with Crippen molar-refractivity contribution in [2.45, 2.75) is 0 Å². The number of nitriles is 1. The molecule has 0 heterocycles. The third-order valence-corrected chi connectivity index (χ3v) is 3.07. The van der Waals surface area contributed by atoms with E-state index in [2.05, 4.69) is 5.32 Å². The molecule has 0 radical (unpaired) electrons. The van der Waals surface area contributed by atoms with Gasteiger partial charge in [-0.2, -0.15) is 5.26 Å². The SMILES string of the molecule is CN(C)C(=O)c1ccc(NC(=O)c2ccc(C#N)cc2)cc1. The Morgan fingerprint density at radius 3 is 2.00 bits per heavy atom. The third-order valence-electron chi connectivity index (χ3n) is 3.07. The second-order valence-electron chi connectivity index (χ2n) is 4.92. The van der Waals surface area contributed by atoms with Gasteiger partial charge in [-0.1, -0.05) is 0 Å². The van der Waals surface area contributed by atoms with Gasteiger partial charge in [-0.25, -0.2) is 0 Å². The minimum Gasteiger partial charge on any atom is -0.345 e. The summed E-state index contributed by atoms with van der Waals surface area (Å²) >= 11 is 0. The Morgan fingerprint density at radius 2 is 1.50 bits per heavy atom. The Hall–Kier alpha value is -3.13. The zero-order valence-corrected chi connectivity index (χ0v) is 12.3. The van der Waals surface area contributed by atoms with Crippen LogP contribution in [0.1, 0.15) is 26.3 Å². The third kappa shape index (κ3) is 3.49. The molecule has 0 saturated carbocycles. The van der Waals surface area contributed by atoms with Crippen LogP contribution in [0.15, 0.2) is 48.5 Å². The summed E-state index contributed by atoms with van der Waals surface area (Å²) in [6.45, 7) is 0. The first-order chi connectivity index (χ1) is 10.5. The maximum absolute atomic E-state index is 12.1. The van der Waals surface area contributed by atoms with Gasteiger partial charge in [0, 0.05) is 30.9 Å². The summed E-state index contributed by atoms with van der Waals surface area (Å²) in [5.41, 5.74) is 2.13. The predicted octanol–water partition coefficient (Wildman–Crippen LogP) is 2.51. The first kappa shape index (κ1) is 15.3. The van der Waals surface area contributed by atoms with Crippen molar-refractivity contribution in [2.75, 3.05) is 19.4 Å². The Balaban J connectivity index is 2.08.